The van der Waals surface area contributed by atoms with Crippen LogP contribution in [0.1, 0.15) is 22.8 Å². The molecule has 1 amide bonds. The molecule has 0 saturated heterocycles. The fourth-order valence-corrected chi connectivity index (χ4v) is 3.99. The molecule has 0 heterocycles. The number of hydrogen-bond acceptors (Lipinski definition) is 5. The number of aryl methyl sites for hydroxylation is 1. The predicted octanol–water partition coefficient (Wildman–Crippen LogP) is 3.23. The average molecular weight is 425 g/mol. The number of nitrogens with one attached hydrogen (secondary N) is 1. The van der Waals surface area contributed by atoms with Crippen molar-refractivity contribution >= 4 is 44.9 Å². The Hall–Kier alpha value is -2.58. The van der Waals surface area contributed by atoms with Gasteiger partial charge < -0.3 is 10.1 Å². The molecule has 1 N–H and O–H groups in total. The second-order valence-electron chi connectivity index (χ2n) is 6.19. The van der Waals surface area contributed by atoms with E-state index < -0.39 is 27.9 Å². The molecule has 2 rings (SSSR count). The van der Waals surface area contributed by atoms with Crippen molar-refractivity contribution in [2.24, 2.45) is 0 Å². The number of para-hydroxylation sites is 1. The summed E-state index contributed by atoms with van der Waals surface area (Å²) < 4.78 is 30.4. The number of carbonyl (C=O) groups excluding carboxylic acids is 2. The first-order valence-corrected chi connectivity index (χ1v) is 10.5. The highest BCUT2D eigenvalue weighted by Gasteiger charge is 2.30. The number of amides is 1. The van der Waals surface area contributed by atoms with Gasteiger partial charge in [0.25, 0.3) is 0 Å². The van der Waals surface area contributed by atoms with Gasteiger partial charge in [-0.25, -0.2) is 13.2 Å². The van der Waals surface area contributed by atoms with Crippen LogP contribution >= 0.6 is 11.6 Å². The lowest BCUT2D eigenvalue weighted by molar-refractivity contribution is -0.116. The first-order valence-electron chi connectivity index (χ1n) is 8.30. The number of methoxy groups -OCH3 is 1. The first kappa shape index (κ1) is 21.7. The van der Waals surface area contributed by atoms with E-state index in [4.69, 9.17) is 16.3 Å². The molecule has 9 heteroatoms. The van der Waals surface area contributed by atoms with Crippen molar-refractivity contribution in [3.63, 3.8) is 0 Å². The number of halogens is 1. The van der Waals surface area contributed by atoms with E-state index in [9.17, 15) is 18.0 Å². The molecule has 0 saturated carbocycles. The number of anilines is 2. The summed E-state index contributed by atoms with van der Waals surface area (Å²) in [6.45, 7) is 3.24. The summed E-state index contributed by atoms with van der Waals surface area (Å²) >= 11 is 6.12. The number of ether oxygens (including phenoxy) is 1. The normalized spacial score (nSPS) is 12.2. The second-order valence-corrected chi connectivity index (χ2v) is 8.46. The van der Waals surface area contributed by atoms with Gasteiger partial charge in [-0.3, -0.25) is 9.10 Å². The largest absolute Gasteiger partial charge is 0.465 e. The van der Waals surface area contributed by atoms with Crippen LogP contribution in [-0.4, -0.2) is 39.7 Å². The van der Waals surface area contributed by atoms with Crippen molar-refractivity contribution in [1.29, 1.82) is 0 Å². The molecule has 0 bridgehead atoms. The van der Waals surface area contributed by atoms with Gasteiger partial charge in [-0.2, -0.15) is 0 Å². The third-order valence-corrected chi connectivity index (χ3v) is 5.74. The minimum absolute atomic E-state index is 0.162. The molecule has 28 heavy (non-hydrogen) atoms. The Morgan fingerprint density at radius 2 is 1.82 bits per heavy atom. The van der Waals surface area contributed by atoms with E-state index in [0.717, 1.165) is 16.1 Å². The van der Waals surface area contributed by atoms with E-state index in [2.05, 4.69) is 5.32 Å². The Morgan fingerprint density at radius 3 is 2.39 bits per heavy atom. The Labute approximate surface area is 169 Å². The zero-order valence-electron chi connectivity index (χ0n) is 15.9. The van der Waals surface area contributed by atoms with Crippen LogP contribution in [0.2, 0.25) is 5.02 Å². The first-order chi connectivity index (χ1) is 13.1. The minimum Gasteiger partial charge on any atom is -0.465 e. The number of rotatable bonds is 6. The number of benzene rings is 2. The maximum Gasteiger partial charge on any atom is 0.339 e. The van der Waals surface area contributed by atoms with Gasteiger partial charge in [0.05, 0.1) is 30.3 Å². The molecular formula is C19H21ClN2O5S. The van der Waals surface area contributed by atoms with Gasteiger partial charge in [-0.15, -0.1) is 0 Å². The second kappa shape index (κ2) is 8.62. The molecule has 0 unspecified atom stereocenters. The van der Waals surface area contributed by atoms with E-state index in [1.54, 1.807) is 31.2 Å². The van der Waals surface area contributed by atoms with Gasteiger partial charge in [-0.1, -0.05) is 29.8 Å². The van der Waals surface area contributed by atoms with Crippen LogP contribution < -0.4 is 9.62 Å². The van der Waals surface area contributed by atoms with Gasteiger partial charge in [0.15, 0.2) is 0 Å². The summed E-state index contributed by atoms with van der Waals surface area (Å²) in [5.74, 6) is -1.23. The Morgan fingerprint density at radius 1 is 1.18 bits per heavy atom. The lowest BCUT2D eigenvalue weighted by Gasteiger charge is -2.28. The molecule has 0 radical (unpaired) electrons. The molecule has 7 nitrogen and oxygen atoms in total. The van der Waals surface area contributed by atoms with Crippen molar-refractivity contribution in [2.75, 3.05) is 23.0 Å². The van der Waals surface area contributed by atoms with Crippen LogP contribution in [0, 0.1) is 6.92 Å². The van der Waals surface area contributed by atoms with Crippen molar-refractivity contribution in [3.05, 3.63) is 58.6 Å². The number of nitrogens with zero attached hydrogens (tertiary/aromatic N) is 1. The number of esters is 1. The maximum absolute atomic E-state index is 12.8. The van der Waals surface area contributed by atoms with Gasteiger partial charge >= 0.3 is 5.97 Å². The van der Waals surface area contributed by atoms with Crippen molar-refractivity contribution in [3.8, 4) is 0 Å². The van der Waals surface area contributed by atoms with Crippen LogP contribution in [-0.2, 0) is 19.6 Å². The maximum atomic E-state index is 12.8. The number of sulfonamides is 1. The molecule has 150 valence electrons. The fourth-order valence-electron chi connectivity index (χ4n) is 2.64. The smallest absolute Gasteiger partial charge is 0.339 e. The van der Waals surface area contributed by atoms with Crippen molar-refractivity contribution in [1.82, 2.24) is 0 Å². The van der Waals surface area contributed by atoms with Crippen molar-refractivity contribution < 1.29 is 22.7 Å². The summed E-state index contributed by atoms with van der Waals surface area (Å²) in [5.41, 5.74) is 1.43. The molecule has 0 aliphatic heterocycles. The molecule has 2 aromatic carbocycles. The highest BCUT2D eigenvalue weighted by Crippen LogP contribution is 2.27. The zero-order valence-corrected chi connectivity index (χ0v) is 17.5. The standard InChI is InChI=1S/C19H21ClN2O5S/c1-12-9-10-14(11-16(12)20)22(28(4,25)26)13(2)18(23)21-17-8-6-5-7-15(17)19(24)27-3/h5-11,13H,1-4H3,(H,21,23)/t13-/m1/s1. The molecule has 2 aromatic rings. The fraction of sp³-hybridized carbons (Fsp3) is 0.263. The number of hydrogen-bond donors (Lipinski definition) is 1. The van der Waals surface area contributed by atoms with E-state index >= 15 is 0 Å². The third kappa shape index (κ3) is 4.82. The van der Waals surface area contributed by atoms with Crippen LogP contribution in [0.4, 0.5) is 11.4 Å². The monoisotopic (exact) mass is 424 g/mol. The summed E-state index contributed by atoms with van der Waals surface area (Å²) in [4.78, 5) is 24.7. The quantitative estimate of drug-likeness (QED) is 0.718. The molecule has 0 aliphatic carbocycles. The summed E-state index contributed by atoms with van der Waals surface area (Å²) in [5, 5.41) is 2.98. The third-order valence-electron chi connectivity index (χ3n) is 4.09. The SMILES string of the molecule is COC(=O)c1ccccc1NC(=O)[C@@H](C)N(c1ccc(C)c(Cl)c1)S(C)(=O)=O. The molecule has 0 aliphatic rings. The molecule has 0 spiro atoms. The van der Waals surface area contributed by atoms with Crippen LogP contribution in [0.25, 0.3) is 0 Å². The predicted molar refractivity (Wildman–Crippen MR) is 109 cm³/mol. The zero-order chi connectivity index (χ0) is 21.1. The lowest BCUT2D eigenvalue weighted by atomic mass is 10.1. The van der Waals surface area contributed by atoms with Crippen molar-refractivity contribution in [2.45, 2.75) is 19.9 Å². The highest BCUT2D eigenvalue weighted by atomic mass is 35.5. The highest BCUT2D eigenvalue weighted by molar-refractivity contribution is 7.92. The Bertz CT molecular complexity index is 1010. The molecular weight excluding hydrogens is 404 g/mol. The summed E-state index contributed by atoms with van der Waals surface area (Å²) in [6, 6.07) is 9.94. The lowest BCUT2D eigenvalue weighted by Crippen LogP contribution is -2.45. The topological polar surface area (TPSA) is 92.8 Å². The van der Waals surface area contributed by atoms with Gasteiger partial charge in [0, 0.05) is 5.02 Å². The van der Waals surface area contributed by atoms with E-state index in [1.807, 2.05) is 0 Å². The minimum atomic E-state index is -3.79. The molecule has 0 fully saturated rings. The van der Waals surface area contributed by atoms with E-state index in [1.165, 1.54) is 32.2 Å². The summed E-state index contributed by atoms with van der Waals surface area (Å²) in [6.07, 6.45) is 1.01. The van der Waals surface area contributed by atoms with Crippen LogP contribution in [0.3, 0.4) is 0 Å². The summed E-state index contributed by atoms with van der Waals surface area (Å²) in [7, 11) is -2.56. The Balaban J connectivity index is 2.38. The van der Waals surface area contributed by atoms with Crippen LogP contribution in [0.15, 0.2) is 42.5 Å². The van der Waals surface area contributed by atoms with E-state index in [-0.39, 0.29) is 16.9 Å². The Kier molecular flexibility index (Phi) is 6.69. The van der Waals surface area contributed by atoms with Gasteiger partial charge in [0.1, 0.15) is 6.04 Å². The van der Waals surface area contributed by atoms with Gasteiger partial charge in [-0.05, 0) is 43.7 Å². The average Bonchev–Trinajstić information content (AvgIpc) is 2.63. The van der Waals surface area contributed by atoms with Crippen LogP contribution in [0.5, 0.6) is 0 Å². The number of carbonyl (C=O) groups is 2. The molecule has 0 aromatic heterocycles. The van der Waals surface area contributed by atoms with Gasteiger partial charge in [0.2, 0.25) is 15.9 Å². The van der Waals surface area contributed by atoms with E-state index in [0.29, 0.717) is 5.02 Å². The molecule has 1 atom stereocenters.